The third kappa shape index (κ3) is 3.25. The first-order valence-electron chi connectivity index (χ1n) is 6.17. The van der Waals surface area contributed by atoms with Gasteiger partial charge in [-0.15, -0.1) is 11.3 Å². The fraction of sp³-hybridized carbons (Fsp3) is 0.286. The second kappa shape index (κ2) is 5.75. The molecule has 0 amide bonds. The average molecular weight is 300 g/mol. The highest BCUT2D eigenvalue weighted by Gasteiger charge is 2.33. The van der Waals surface area contributed by atoms with E-state index < -0.39 is 11.7 Å². The molecule has 0 aliphatic rings. The number of halogens is 3. The second-order valence-corrected chi connectivity index (χ2v) is 5.38. The summed E-state index contributed by atoms with van der Waals surface area (Å²) in [6.45, 7) is 2.41. The summed E-state index contributed by atoms with van der Waals surface area (Å²) < 4.78 is 38.8. The molecule has 0 spiro atoms. The maximum Gasteiger partial charge on any atom is 0.418 e. The zero-order valence-electron chi connectivity index (χ0n) is 10.9. The molecule has 0 bridgehead atoms. The first-order valence-corrected chi connectivity index (χ1v) is 7.05. The minimum absolute atomic E-state index is 0.0575. The van der Waals surface area contributed by atoms with Crippen LogP contribution in [0.5, 0.6) is 0 Å². The van der Waals surface area contributed by atoms with Gasteiger partial charge in [-0.3, -0.25) is 0 Å². The Morgan fingerprint density at radius 3 is 2.65 bits per heavy atom. The van der Waals surface area contributed by atoms with E-state index in [9.17, 15) is 13.2 Å². The number of aryl methyl sites for hydroxylation is 1. The maximum absolute atomic E-state index is 12.9. The van der Waals surface area contributed by atoms with Gasteiger partial charge in [0.05, 0.1) is 5.56 Å². The average Bonchev–Trinajstić information content (AvgIpc) is 2.83. The molecule has 108 valence electrons. The molecule has 20 heavy (non-hydrogen) atoms. The number of nitrogen functional groups attached to an aromatic ring is 1. The number of hydrogen-bond acceptors (Lipinski definition) is 3. The first-order chi connectivity index (χ1) is 9.41. The molecule has 0 atom stereocenters. The van der Waals surface area contributed by atoms with Crippen molar-refractivity contribution in [3.05, 3.63) is 45.6 Å². The lowest BCUT2D eigenvalue weighted by Crippen LogP contribution is -2.11. The van der Waals surface area contributed by atoms with Crippen molar-refractivity contribution >= 4 is 22.7 Å². The largest absolute Gasteiger partial charge is 0.418 e. The topological polar surface area (TPSA) is 38.0 Å². The molecule has 0 fully saturated rings. The summed E-state index contributed by atoms with van der Waals surface area (Å²) in [5.41, 5.74) is 6.03. The smallest absolute Gasteiger partial charge is 0.399 e. The molecule has 0 saturated carbocycles. The third-order valence-corrected chi connectivity index (χ3v) is 3.97. The van der Waals surface area contributed by atoms with Gasteiger partial charge in [-0.25, -0.2) is 0 Å². The van der Waals surface area contributed by atoms with Gasteiger partial charge in [0.25, 0.3) is 0 Å². The van der Waals surface area contributed by atoms with Crippen molar-refractivity contribution in [2.24, 2.45) is 0 Å². The van der Waals surface area contributed by atoms with Crippen molar-refractivity contribution in [3.8, 4) is 0 Å². The maximum atomic E-state index is 12.9. The lowest BCUT2D eigenvalue weighted by molar-refractivity contribution is -0.136. The van der Waals surface area contributed by atoms with Gasteiger partial charge >= 0.3 is 6.18 Å². The van der Waals surface area contributed by atoms with Crippen molar-refractivity contribution in [1.29, 1.82) is 0 Å². The molecule has 0 aliphatic carbocycles. The van der Waals surface area contributed by atoms with E-state index in [-0.39, 0.29) is 11.4 Å². The predicted molar refractivity (Wildman–Crippen MR) is 76.9 cm³/mol. The van der Waals surface area contributed by atoms with Crippen LogP contribution in [-0.4, -0.2) is 0 Å². The van der Waals surface area contributed by atoms with Gasteiger partial charge < -0.3 is 11.1 Å². The van der Waals surface area contributed by atoms with Crippen LogP contribution in [0.1, 0.15) is 22.9 Å². The first kappa shape index (κ1) is 14.7. The number of alkyl halides is 3. The number of hydrogen-bond donors (Lipinski definition) is 2. The van der Waals surface area contributed by atoms with Crippen LogP contribution in [0.15, 0.2) is 29.6 Å². The zero-order valence-corrected chi connectivity index (χ0v) is 11.7. The molecule has 6 heteroatoms. The standard InChI is InChI=1S/C14H15F3N2S/c1-2-9-5-6-20-13(9)8-19-12-4-3-10(18)7-11(12)14(15,16)17/h3-7,19H,2,8,18H2,1H3. The summed E-state index contributed by atoms with van der Waals surface area (Å²) in [7, 11) is 0. The second-order valence-electron chi connectivity index (χ2n) is 4.38. The Morgan fingerprint density at radius 1 is 1.25 bits per heavy atom. The highest BCUT2D eigenvalue weighted by atomic mass is 32.1. The molecule has 0 saturated heterocycles. The van der Waals surface area contributed by atoms with E-state index in [1.807, 2.05) is 18.4 Å². The Hall–Kier alpha value is -1.69. The van der Waals surface area contributed by atoms with Crippen LogP contribution >= 0.6 is 11.3 Å². The molecule has 0 aliphatic heterocycles. The summed E-state index contributed by atoms with van der Waals surface area (Å²) in [5, 5.41) is 4.81. The van der Waals surface area contributed by atoms with Crippen molar-refractivity contribution in [2.75, 3.05) is 11.1 Å². The molecular weight excluding hydrogens is 285 g/mol. The van der Waals surface area contributed by atoms with E-state index in [1.165, 1.54) is 12.1 Å². The lowest BCUT2D eigenvalue weighted by Gasteiger charge is -2.15. The highest BCUT2D eigenvalue weighted by molar-refractivity contribution is 7.10. The summed E-state index contributed by atoms with van der Waals surface area (Å²) in [5.74, 6) is 0. The van der Waals surface area contributed by atoms with Gasteiger partial charge in [0.15, 0.2) is 0 Å². The fourth-order valence-electron chi connectivity index (χ4n) is 1.96. The molecule has 2 aromatic rings. The van der Waals surface area contributed by atoms with E-state index in [0.29, 0.717) is 6.54 Å². The van der Waals surface area contributed by atoms with Crippen molar-refractivity contribution in [1.82, 2.24) is 0 Å². The van der Waals surface area contributed by atoms with Gasteiger partial charge in [0.1, 0.15) is 0 Å². The monoisotopic (exact) mass is 300 g/mol. The molecule has 1 heterocycles. The van der Waals surface area contributed by atoms with Crippen LogP contribution in [0.2, 0.25) is 0 Å². The molecule has 1 aromatic carbocycles. The SMILES string of the molecule is CCc1ccsc1CNc1ccc(N)cc1C(F)(F)F. The van der Waals surface area contributed by atoms with Gasteiger partial charge in [-0.2, -0.15) is 13.2 Å². The number of nitrogens with two attached hydrogens (primary N) is 1. The summed E-state index contributed by atoms with van der Waals surface area (Å²) >= 11 is 1.54. The van der Waals surface area contributed by atoms with E-state index >= 15 is 0 Å². The number of benzene rings is 1. The molecule has 1 aromatic heterocycles. The van der Waals surface area contributed by atoms with E-state index in [0.717, 1.165) is 22.9 Å². The Bertz CT molecular complexity index is 590. The van der Waals surface area contributed by atoms with Crippen LogP contribution in [0.25, 0.3) is 0 Å². The van der Waals surface area contributed by atoms with Crippen LogP contribution < -0.4 is 11.1 Å². The molecule has 2 nitrogen and oxygen atoms in total. The van der Waals surface area contributed by atoms with E-state index in [2.05, 4.69) is 5.32 Å². The predicted octanol–water partition coefficient (Wildman–Crippen LogP) is 4.52. The minimum Gasteiger partial charge on any atom is -0.399 e. The van der Waals surface area contributed by atoms with Crippen LogP contribution in [0.4, 0.5) is 24.5 Å². The Kier molecular flexibility index (Phi) is 4.23. The van der Waals surface area contributed by atoms with Crippen LogP contribution in [0.3, 0.4) is 0 Å². The summed E-state index contributed by atoms with van der Waals surface area (Å²) in [6, 6.07) is 5.79. The van der Waals surface area contributed by atoms with Gasteiger partial charge in [-0.05, 0) is 41.6 Å². The summed E-state index contributed by atoms with van der Waals surface area (Å²) in [4.78, 5) is 1.05. The molecule has 3 N–H and O–H groups in total. The normalized spacial score (nSPS) is 11.6. The minimum atomic E-state index is -4.42. The van der Waals surface area contributed by atoms with E-state index in [1.54, 1.807) is 11.3 Å². The fourth-order valence-corrected chi connectivity index (χ4v) is 2.88. The molecular formula is C14H15F3N2S. The Balaban J connectivity index is 2.22. The molecule has 0 unspecified atom stereocenters. The Morgan fingerprint density at radius 2 is 2.00 bits per heavy atom. The zero-order chi connectivity index (χ0) is 14.8. The number of anilines is 2. The summed E-state index contributed by atoms with van der Waals surface area (Å²) in [6.07, 6.45) is -3.55. The number of rotatable bonds is 4. The Labute approximate surface area is 119 Å². The van der Waals surface area contributed by atoms with Crippen molar-refractivity contribution in [2.45, 2.75) is 26.1 Å². The van der Waals surface area contributed by atoms with Crippen LogP contribution in [0, 0.1) is 0 Å². The quantitative estimate of drug-likeness (QED) is 0.814. The van der Waals surface area contributed by atoms with Crippen LogP contribution in [-0.2, 0) is 19.1 Å². The van der Waals surface area contributed by atoms with Crippen molar-refractivity contribution < 1.29 is 13.2 Å². The van der Waals surface area contributed by atoms with Gasteiger partial charge in [0.2, 0.25) is 0 Å². The van der Waals surface area contributed by atoms with Crippen molar-refractivity contribution in [3.63, 3.8) is 0 Å². The molecule has 2 rings (SSSR count). The third-order valence-electron chi connectivity index (χ3n) is 3.01. The van der Waals surface area contributed by atoms with E-state index in [4.69, 9.17) is 5.73 Å². The highest BCUT2D eigenvalue weighted by Crippen LogP contribution is 2.36. The number of nitrogens with one attached hydrogen (secondary N) is 1. The molecule has 0 radical (unpaired) electrons. The van der Waals surface area contributed by atoms with Gasteiger partial charge in [0, 0.05) is 22.8 Å². The van der Waals surface area contributed by atoms with Gasteiger partial charge in [-0.1, -0.05) is 6.92 Å². The number of thiophene rings is 1. The lowest BCUT2D eigenvalue weighted by atomic mass is 10.1.